The molecule has 1 rings (SSSR count). The Morgan fingerprint density at radius 1 is 1.82 bits per heavy atom. The third-order valence-electron chi connectivity index (χ3n) is 1.62. The van der Waals surface area contributed by atoms with Crippen molar-refractivity contribution < 1.29 is 4.79 Å². The minimum Gasteiger partial charge on any atom is -0.359 e. The lowest BCUT2D eigenvalue weighted by Gasteiger charge is -2.12. The summed E-state index contributed by atoms with van der Waals surface area (Å²) in [6, 6.07) is 0. The maximum Gasteiger partial charge on any atom is 0.227 e. The van der Waals surface area contributed by atoms with Crippen LogP contribution in [0.5, 0.6) is 0 Å². The van der Waals surface area contributed by atoms with Gasteiger partial charge in [-0.3, -0.25) is 4.79 Å². The lowest BCUT2D eigenvalue weighted by atomic mass is 10.00. The van der Waals surface area contributed by atoms with Crippen LogP contribution in [0.25, 0.3) is 0 Å². The minimum atomic E-state index is -0.0856. The van der Waals surface area contributed by atoms with Crippen molar-refractivity contribution in [2.45, 2.75) is 6.42 Å². The van der Waals surface area contributed by atoms with E-state index in [-0.39, 0.29) is 11.8 Å². The summed E-state index contributed by atoms with van der Waals surface area (Å²) in [5.41, 5.74) is 0. The molecule has 1 N–H and O–H groups in total. The van der Waals surface area contributed by atoms with Crippen molar-refractivity contribution in [1.82, 2.24) is 5.32 Å². The lowest BCUT2D eigenvalue weighted by Crippen LogP contribution is -2.26. The molecule has 0 saturated carbocycles. The van der Waals surface area contributed by atoms with Crippen LogP contribution in [-0.2, 0) is 4.79 Å². The number of carbonyl (C=O) groups excluding carboxylic acids is 1. The molecule has 0 bridgehead atoms. The topological polar surface area (TPSA) is 29.1 Å². The molecule has 0 saturated heterocycles. The maximum absolute atomic E-state index is 11.1. The van der Waals surface area contributed by atoms with Gasteiger partial charge < -0.3 is 5.32 Å². The molecule has 11 heavy (non-hydrogen) atoms. The van der Waals surface area contributed by atoms with Gasteiger partial charge in [-0.25, -0.2) is 0 Å². The molecule has 1 aliphatic carbocycles. The summed E-state index contributed by atoms with van der Waals surface area (Å²) in [6.07, 6.45) is 6.09. The highest BCUT2D eigenvalue weighted by Gasteiger charge is 2.16. The monoisotopic (exact) mass is 171 g/mol. The SMILES string of the molecule is CNC(=O)C1C=CC=C(Cl)C1. The van der Waals surface area contributed by atoms with Gasteiger partial charge in [0, 0.05) is 12.1 Å². The first-order chi connectivity index (χ1) is 5.24. The molecule has 60 valence electrons. The zero-order valence-electron chi connectivity index (χ0n) is 6.30. The normalized spacial score (nSPS) is 22.7. The van der Waals surface area contributed by atoms with Gasteiger partial charge in [0.05, 0.1) is 5.92 Å². The van der Waals surface area contributed by atoms with Crippen LogP contribution in [-0.4, -0.2) is 13.0 Å². The van der Waals surface area contributed by atoms with E-state index in [0.717, 1.165) is 5.03 Å². The quantitative estimate of drug-likeness (QED) is 0.636. The largest absolute Gasteiger partial charge is 0.359 e. The number of hydrogen-bond donors (Lipinski definition) is 1. The third kappa shape index (κ3) is 2.09. The van der Waals surface area contributed by atoms with Gasteiger partial charge in [0.1, 0.15) is 0 Å². The molecule has 0 radical (unpaired) electrons. The summed E-state index contributed by atoms with van der Waals surface area (Å²) in [7, 11) is 1.63. The van der Waals surface area contributed by atoms with E-state index in [4.69, 9.17) is 11.6 Å². The predicted octanol–water partition coefficient (Wildman–Crippen LogP) is 1.43. The van der Waals surface area contributed by atoms with Crippen LogP contribution < -0.4 is 5.32 Å². The minimum absolute atomic E-state index is 0.0208. The summed E-state index contributed by atoms with van der Waals surface area (Å²) in [6.45, 7) is 0. The molecule has 0 spiro atoms. The maximum atomic E-state index is 11.1. The van der Waals surface area contributed by atoms with E-state index in [1.807, 2.05) is 12.2 Å². The molecule has 1 aliphatic rings. The van der Waals surface area contributed by atoms with E-state index in [2.05, 4.69) is 5.32 Å². The van der Waals surface area contributed by atoms with Gasteiger partial charge in [0.2, 0.25) is 5.91 Å². The highest BCUT2D eigenvalue weighted by molar-refractivity contribution is 6.29. The Balaban J connectivity index is 2.59. The Labute approximate surface area is 70.9 Å². The van der Waals surface area contributed by atoms with Crippen molar-refractivity contribution in [2.24, 2.45) is 5.92 Å². The Hall–Kier alpha value is -0.760. The van der Waals surface area contributed by atoms with E-state index >= 15 is 0 Å². The molecule has 0 aliphatic heterocycles. The first kappa shape index (κ1) is 8.34. The zero-order valence-corrected chi connectivity index (χ0v) is 7.06. The van der Waals surface area contributed by atoms with Gasteiger partial charge in [-0.05, 0) is 12.5 Å². The smallest absolute Gasteiger partial charge is 0.227 e. The zero-order chi connectivity index (χ0) is 8.27. The Kier molecular flexibility index (Phi) is 2.71. The fourth-order valence-electron chi connectivity index (χ4n) is 1.01. The van der Waals surface area contributed by atoms with Crippen molar-refractivity contribution >= 4 is 17.5 Å². The van der Waals surface area contributed by atoms with Crippen LogP contribution in [0.3, 0.4) is 0 Å². The van der Waals surface area contributed by atoms with Crippen LogP contribution in [0.2, 0.25) is 0 Å². The van der Waals surface area contributed by atoms with Crippen molar-refractivity contribution in [3.05, 3.63) is 23.3 Å². The van der Waals surface area contributed by atoms with E-state index in [1.54, 1.807) is 13.1 Å². The van der Waals surface area contributed by atoms with Crippen LogP contribution in [0.4, 0.5) is 0 Å². The van der Waals surface area contributed by atoms with Gasteiger partial charge in [0.15, 0.2) is 0 Å². The molecule has 1 amide bonds. The standard InChI is InChI=1S/C8H10ClNO/c1-10-8(11)6-3-2-4-7(9)5-6/h2-4,6H,5H2,1H3,(H,10,11). The number of rotatable bonds is 1. The Morgan fingerprint density at radius 2 is 2.55 bits per heavy atom. The predicted molar refractivity (Wildman–Crippen MR) is 45.2 cm³/mol. The molecule has 2 nitrogen and oxygen atoms in total. The molecule has 3 heteroatoms. The molecule has 0 aromatic heterocycles. The summed E-state index contributed by atoms with van der Waals surface area (Å²) in [5.74, 6) is -0.0648. The molecule has 1 unspecified atom stereocenters. The summed E-state index contributed by atoms with van der Waals surface area (Å²) in [4.78, 5) is 11.1. The van der Waals surface area contributed by atoms with Gasteiger partial charge >= 0.3 is 0 Å². The second kappa shape index (κ2) is 3.58. The molecule has 0 aromatic rings. The van der Waals surface area contributed by atoms with Crippen LogP contribution in [0, 0.1) is 5.92 Å². The van der Waals surface area contributed by atoms with Gasteiger partial charge in [-0.15, -0.1) is 0 Å². The van der Waals surface area contributed by atoms with Crippen LogP contribution in [0.1, 0.15) is 6.42 Å². The molecule has 0 fully saturated rings. The number of nitrogens with one attached hydrogen (secondary N) is 1. The highest BCUT2D eigenvalue weighted by atomic mass is 35.5. The van der Waals surface area contributed by atoms with Crippen molar-refractivity contribution in [2.75, 3.05) is 7.05 Å². The summed E-state index contributed by atoms with van der Waals surface area (Å²) >= 11 is 5.74. The fourth-order valence-corrected chi connectivity index (χ4v) is 1.24. The molecule has 1 atom stereocenters. The van der Waals surface area contributed by atoms with Crippen molar-refractivity contribution in [1.29, 1.82) is 0 Å². The summed E-state index contributed by atoms with van der Waals surface area (Å²) < 4.78 is 0. The van der Waals surface area contributed by atoms with Crippen LogP contribution in [0.15, 0.2) is 23.3 Å². The molecule has 0 aromatic carbocycles. The number of allylic oxidation sites excluding steroid dienone is 3. The Bertz CT molecular complexity index is 220. The van der Waals surface area contributed by atoms with Crippen molar-refractivity contribution in [3.8, 4) is 0 Å². The van der Waals surface area contributed by atoms with E-state index in [1.165, 1.54) is 0 Å². The Morgan fingerprint density at radius 3 is 3.09 bits per heavy atom. The van der Waals surface area contributed by atoms with E-state index in [9.17, 15) is 4.79 Å². The lowest BCUT2D eigenvalue weighted by molar-refractivity contribution is -0.123. The molecular weight excluding hydrogens is 162 g/mol. The van der Waals surface area contributed by atoms with E-state index in [0.29, 0.717) is 6.42 Å². The van der Waals surface area contributed by atoms with E-state index < -0.39 is 0 Å². The first-order valence-corrected chi connectivity index (χ1v) is 3.86. The second-order valence-electron chi connectivity index (χ2n) is 2.42. The number of amides is 1. The summed E-state index contributed by atoms with van der Waals surface area (Å²) in [5, 5.41) is 3.32. The molecular formula is C8H10ClNO. The molecule has 0 heterocycles. The third-order valence-corrected chi connectivity index (χ3v) is 1.90. The fraction of sp³-hybridized carbons (Fsp3) is 0.375. The average molecular weight is 172 g/mol. The van der Waals surface area contributed by atoms with Crippen molar-refractivity contribution in [3.63, 3.8) is 0 Å². The highest BCUT2D eigenvalue weighted by Crippen LogP contribution is 2.20. The number of halogens is 1. The van der Waals surface area contributed by atoms with Crippen LogP contribution >= 0.6 is 11.6 Å². The van der Waals surface area contributed by atoms with Gasteiger partial charge in [-0.2, -0.15) is 0 Å². The average Bonchev–Trinajstić information content (AvgIpc) is 2.03. The number of hydrogen-bond acceptors (Lipinski definition) is 1. The second-order valence-corrected chi connectivity index (χ2v) is 2.91. The first-order valence-electron chi connectivity index (χ1n) is 3.48. The van der Waals surface area contributed by atoms with Gasteiger partial charge in [0.25, 0.3) is 0 Å². The van der Waals surface area contributed by atoms with Gasteiger partial charge in [-0.1, -0.05) is 23.8 Å². The number of carbonyl (C=O) groups is 1.